The molecule has 3 heterocycles. The highest BCUT2D eigenvalue weighted by molar-refractivity contribution is 6.04. The number of nitrogens with two attached hydrogens (primary N) is 1. The summed E-state index contributed by atoms with van der Waals surface area (Å²) < 4.78 is 0. The topological polar surface area (TPSA) is 157 Å². The maximum Gasteiger partial charge on any atom is 0.324 e. The Morgan fingerprint density at radius 1 is 1.11 bits per heavy atom. The number of anilines is 4. The molecule has 2 atom stereocenters. The second kappa shape index (κ2) is 13.8. The molecule has 0 unspecified atom stereocenters. The molecule has 12 heteroatoms. The van der Waals surface area contributed by atoms with Gasteiger partial charge in [-0.15, -0.1) is 0 Å². The summed E-state index contributed by atoms with van der Waals surface area (Å²) in [4.78, 5) is 54.0. The minimum Gasteiger partial charge on any atom is -0.480 e. The van der Waals surface area contributed by atoms with Crippen molar-refractivity contribution in [3.8, 4) is 0 Å². The van der Waals surface area contributed by atoms with Gasteiger partial charge in [0.1, 0.15) is 17.3 Å². The number of aliphatic carboxylic acids is 1. The highest BCUT2D eigenvalue weighted by atomic mass is 16.4. The molecule has 2 amide bonds. The van der Waals surface area contributed by atoms with Crippen LogP contribution >= 0.6 is 0 Å². The molecule has 0 bridgehead atoms. The Kier molecular flexibility index (Phi) is 10.1. The number of aryl methyl sites for hydroxylation is 1. The molecule has 1 aliphatic carbocycles. The maximum absolute atomic E-state index is 13.2. The lowest BCUT2D eigenvalue weighted by atomic mass is 9.72. The number of likely N-dealkylation sites (tertiary alicyclic amines) is 1. The monoisotopic (exact) mass is 648 g/mol. The van der Waals surface area contributed by atoms with E-state index in [1.807, 2.05) is 45.9 Å². The summed E-state index contributed by atoms with van der Waals surface area (Å²) in [5.74, 6) is 0.241. The minimum absolute atomic E-state index is 0.0465. The lowest BCUT2D eigenvalue weighted by Crippen LogP contribution is -2.59. The maximum atomic E-state index is 13.2. The normalized spacial score (nSPS) is 21.0. The molecule has 1 aromatic carbocycles. The quantitative estimate of drug-likeness (QED) is 0.290. The lowest BCUT2D eigenvalue weighted by Gasteiger charge is -2.43. The van der Waals surface area contributed by atoms with Gasteiger partial charge in [0, 0.05) is 50.0 Å². The van der Waals surface area contributed by atoms with Crippen molar-refractivity contribution in [1.29, 1.82) is 0 Å². The highest BCUT2D eigenvalue weighted by Gasteiger charge is 2.45. The zero-order valence-corrected chi connectivity index (χ0v) is 28.8. The second-order valence-corrected chi connectivity index (χ2v) is 14.6. The third-order valence-corrected chi connectivity index (χ3v) is 10.6. The van der Waals surface area contributed by atoms with Gasteiger partial charge in [0.05, 0.1) is 6.20 Å². The van der Waals surface area contributed by atoms with E-state index in [0.717, 1.165) is 74.4 Å². The number of nitrogens with one attached hydrogen (secondary N) is 2. The van der Waals surface area contributed by atoms with Crippen molar-refractivity contribution in [2.45, 2.75) is 110 Å². The summed E-state index contributed by atoms with van der Waals surface area (Å²) in [5.41, 5.74) is 7.48. The number of likely N-dealkylation sites (N-methyl/N-ethyl adjacent to an activating group) is 1. The molecule has 12 nitrogen and oxygen atoms in total. The van der Waals surface area contributed by atoms with Crippen molar-refractivity contribution < 1.29 is 19.5 Å². The van der Waals surface area contributed by atoms with E-state index in [4.69, 9.17) is 10.7 Å². The average molecular weight is 649 g/mol. The molecular formula is C35H52N8O4. The number of piperidine rings is 1. The summed E-state index contributed by atoms with van der Waals surface area (Å²) >= 11 is 0. The number of carbonyl (C=O) groups excluding carboxylic acids is 2. The average Bonchev–Trinajstić information content (AvgIpc) is 3.57. The van der Waals surface area contributed by atoms with Crippen molar-refractivity contribution in [2.24, 2.45) is 11.1 Å². The Labute approximate surface area is 278 Å². The van der Waals surface area contributed by atoms with Crippen LogP contribution in [0.5, 0.6) is 0 Å². The van der Waals surface area contributed by atoms with Crippen LogP contribution in [0.4, 0.5) is 23.1 Å². The van der Waals surface area contributed by atoms with Crippen LogP contribution in [0.25, 0.3) is 0 Å². The summed E-state index contributed by atoms with van der Waals surface area (Å²) in [6, 6.07) is 5.66. The van der Waals surface area contributed by atoms with Gasteiger partial charge < -0.3 is 36.2 Å². The van der Waals surface area contributed by atoms with E-state index < -0.39 is 16.9 Å². The molecule has 3 aliphatic rings. The number of carbonyl (C=O) groups is 3. The van der Waals surface area contributed by atoms with E-state index in [9.17, 15) is 19.5 Å². The summed E-state index contributed by atoms with van der Waals surface area (Å²) in [5, 5.41) is 16.3. The molecule has 5 N–H and O–H groups in total. The number of rotatable bonds is 10. The van der Waals surface area contributed by atoms with Crippen LogP contribution in [-0.4, -0.2) is 88.1 Å². The Morgan fingerprint density at radius 2 is 1.79 bits per heavy atom. The van der Waals surface area contributed by atoms with Gasteiger partial charge >= 0.3 is 5.97 Å². The standard InChI is InChI=1S/C35H52N8O4/c1-7-27-31(45)41(6)28-21-37-33(40-29(28)43(27)25-10-8-9-11-25)39-26-13-12-23(20-22(26)2)30(44)38-24-14-17-42(18-15-24)19-16-35(36,32(46)47)34(3,4)5/h12-13,20-21,24-25,27H,7-11,14-19,36H2,1-6H3,(H,38,44)(H,46,47)(H,37,39,40)/t27-,35-/m1/s1. The Hall–Kier alpha value is -3.77. The predicted octanol–water partition coefficient (Wildman–Crippen LogP) is 4.45. The molecule has 0 radical (unpaired) electrons. The van der Waals surface area contributed by atoms with Crippen LogP contribution in [0.15, 0.2) is 24.4 Å². The fourth-order valence-electron chi connectivity index (χ4n) is 7.22. The molecule has 5 rings (SSSR count). The van der Waals surface area contributed by atoms with Crippen molar-refractivity contribution in [1.82, 2.24) is 20.2 Å². The van der Waals surface area contributed by atoms with Gasteiger partial charge in [-0.1, -0.05) is 40.5 Å². The molecule has 0 spiro atoms. The van der Waals surface area contributed by atoms with Crippen LogP contribution < -0.4 is 26.2 Å². The van der Waals surface area contributed by atoms with Crippen molar-refractivity contribution in [2.75, 3.05) is 41.8 Å². The fraction of sp³-hybridized carbons (Fsp3) is 0.629. The summed E-state index contributed by atoms with van der Waals surface area (Å²) in [7, 11) is 1.80. The van der Waals surface area contributed by atoms with Gasteiger partial charge in [0.15, 0.2) is 5.82 Å². The predicted molar refractivity (Wildman–Crippen MR) is 184 cm³/mol. The number of hydrogen-bond acceptors (Lipinski definition) is 9. The number of amides is 2. The molecule has 2 aliphatic heterocycles. The molecule has 47 heavy (non-hydrogen) atoms. The van der Waals surface area contributed by atoms with Crippen molar-refractivity contribution in [3.63, 3.8) is 0 Å². The number of fused-ring (bicyclic) bond motifs is 1. The van der Waals surface area contributed by atoms with E-state index >= 15 is 0 Å². The number of aromatic nitrogens is 2. The SMILES string of the molecule is CC[C@@H]1C(=O)N(C)c2cnc(Nc3ccc(C(=O)NC4CCN(CC[C@@](N)(C(=O)O)C(C)(C)C)CC4)cc3C)nc2N1C1CCCC1. The van der Waals surface area contributed by atoms with Gasteiger partial charge in [-0.05, 0) is 74.6 Å². The first kappa shape index (κ1) is 34.6. The van der Waals surface area contributed by atoms with Crippen LogP contribution in [0, 0.1) is 12.3 Å². The number of carboxylic acids is 1. The van der Waals surface area contributed by atoms with Crippen LogP contribution in [0.2, 0.25) is 0 Å². The second-order valence-electron chi connectivity index (χ2n) is 14.6. The lowest BCUT2D eigenvalue weighted by molar-refractivity contribution is -0.148. The first-order chi connectivity index (χ1) is 22.2. The molecule has 2 fully saturated rings. The largest absolute Gasteiger partial charge is 0.480 e. The Morgan fingerprint density at radius 3 is 2.38 bits per heavy atom. The van der Waals surface area contributed by atoms with E-state index in [-0.39, 0.29) is 23.9 Å². The number of benzene rings is 1. The smallest absolute Gasteiger partial charge is 0.324 e. The number of nitrogens with zero attached hydrogens (tertiary/aromatic N) is 5. The van der Waals surface area contributed by atoms with Gasteiger partial charge in [0.25, 0.3) is 5.91 Å². The molecule has 1 saturated carbocycles. The highest BCUT2D eigenvalue weighted by Crippen LogP contribution is 2.40. The van der Waals surface area contributed by atoms with Crippen LogP contribution in [0.3, 0.4) is 0 Å². The number of hydrogen-bond donors (Lipinski definition) is 4. The molecule has 1 aromatic heterocycles. The number of carboxylic acid groups (broad SMARTS) is 1. The Bertz CT molecular complexity index is 1480. The van der Waals surface area contributed by atoms with Crippen LogP contribution in [-0.2, 0) is 9.59 Å². The van der Waals surface area contributed by atoms with E-state index in [1.165, 1.54) is 0 Å². The van der Waals surface area contributed by atoms with Gasteiger partial charge in [0.2, 0.25) is 11.9 Å². The van der Waals surface area contributed by atoms with E-state index in [0.29, 0.717) is 36.9 Å². The first-order valence-electron chi connectivity index (χ1n) is 17.1. The van der Waals surface area contributed by atoms with Gasteiger partial charge in [-0.25, -0.2) is 4.98 Å². The third-order valence-electron chi connectivity index (χ3n) is 10.6. The van der Waals surface area contributed by atoms with Gasteiger partial charge in [-0.3, -0.25) is 14.4 Å². The zero-order valence-electron chi connectivity index (χ0n) is 28.8. The third kappa shape index (κ3) is 7.08. The van der Waals surface area contributed by atoms with Crippen molar-refractivity contribution in [3.05, 3.63) is 35.5 Å². The van der Waals surface area contributed by atoms with E-state index in [2.05, 4.69) is 32.3 Å². The van der Waals surface area contributed by atoms with Crippen LogP contribution in [0.1, 0.15) is 95.0 Å². The summed E-state index contributed by atoms with van der Waals surface area (Å²) in [6.07, 6.45) is 8.82. The first-order valence-corrected chi connectivity index (χ1v) is 17.1. The van der Waals surface area contributed by atoms with Crippen molar-refractivity contribution >= 4 is 40.9 Å². The zero-order chi connectivity index (χ0) is 34.1. The molecule has 2 aromatic rings. The van der Waals surface area contributed by atoms with E-state index in [1.54, 1.807) is 18.1 Å². The molecule has 256 valence electrons. The fourth-order valence-corrected chi connectivity index (χ4v) is 7.22. The minimum atomic E-state index is -1.30. The Balaban J connectivity index is 1.20. The molecular weight excluding hydrogens is 596 g/mol. The molecule has 1 saturated heterocycles. The summed E-state index contributed by atoms with van der Waals surface area (Å²) in [6.45, 7) is 11.7. The van der Waals surface area contributed by atoms with Gasteiger partial charge in [-0.2, -0.15) is 4.98 Å².